The summed E-state index contributed by atoms with van der Waals surface area (Å²) in [6, 6.07) is 5.53. The minimum atomic E-state index is -0.843. The van der Waals surface area contributed by atoms with E-state index in [1.165, 1.54) is 24.3 Å². The number of rotatable bonds is 2. The van der Waals surface area contributed by atoms with Crippen LogP contribution in [0.25, 0.3) is 6.08 Å². The molecule has 0 aliphatic heterocycles. The van der Waals surface area contributed by atoms with E-state index in [4.69, 9.17) is 21.2 Å². The lowest BCUT2D eigenvalue weighted by atomic mass is 10.1. The quantitative estimate of drug-likeness (QED) is 0.394. The number of hydrogen-bond donors (Lipinski definition) is 3. The minimum absolute atomic E-state index is 0. The molecule has 0 spiro atoms. The second-order valence-corrected chi connectivity index (χ2v) is 2.78. The van der Waals surface area contributed by atoms with Crippen molar-refractivity contribution >= 4 is 12.0 Å². The summed E-state index contributed by atoms with van der Waals surface area (Å²) in [4.78, 5) is 10.7. The van der Waals surface area contributed by atoms with Crippen LogP contribution in [0.1, 0.15) is 13.0 Å². The largest absolute Gasteiger partial charge is 0.504 e. The molecular weight excluding hydrogens is 208 g/mol. The van der Waals surface area contributed by atoms with Crippen molar-refractivity contribution in [1.82, 2.24) is 0 Å². The van der Waals surface area contributed by atoms with Crippen LogP contribution in [0.5, 0.6) is 11.5 Å². The van der Waals surface area contributed by atoms with Gasteiger partial charge in [0.05, 0.1) is 0 Å². The van der Waals surface area contributed by atoms with Crippen molar-refractivity contribution in [2.24, 2.45) is 5.73 Å². The van der Waals surface area contributed by atoms with Gasteiger partial charge in [0.25, 0.3) is 5.91 Å². The lowest BCUT2D eigenvalue weighted by molar-refractivity contribution is -0.114. The molecule has 16 heavy (non-hydrogen) atoms. The summed E-state index contributed by atoms with van der Waals surface area (Å²) in [6.45, 7) is 0. The van der Waals surface area contributed by atoms with Gasteiger partial charge in [0.2, 0.25) is 0 Å². The number of benzene rings is 1. The van der Waals surface area contributed by atoms with Gasteiger partial charge >= 0.3 is 0 Å². The standard InChI is InChI=1S/C10H8N2O3.CH4/c11-5-7(10(12)15)3-6-1-2-8(13)9(14)4-6;/h1-4,13-14H,(H2,12,15);1H4/b7-3+;. The van der Waals surface area contributed by atoms with Crippen LogP contribution < -0.4 is 5.73 Å². The average molecular weight is 220 g/mol. The lowest BCUT2D eigenvalue weighted by Gasteiger charge is -1.98. The number of phenols is 2. The van der Waals surface area contributed by atoms with E-state index >= 15 is 0 Å². The Labute approximate surface area is 93.1 Å². The van der Waals surface area contributed by atoms with Crippen LogP contribution in [0.4, 0.5) is 0 Å². The number of carbonyl (C=O) groups excluding carboxylic acids is 1. The number of hydrogen-bond acceptors (Lipinski definition) is 4. The van der Waals surface area contributed by atoms with Crippen LogP contribution in [0.15, 0.2) is 23.8 Å². The lowest BCUT2D eigenvalue weighted by Crippen LogP contribution is -2.12. The third-order valence-electron chi connectivity index (χ3n) is 1.70. The van der Waals surface area contributed by atoms with Crippen LogP contribution in [0.3, 0.4) is 0 Å². The summed E-state index contributed by atoms with van der Waals surface area (Å²) in [5, 5.41) is 26.7. The van der Waals surface area contributed by atoms with Crippen molar-refractivity contribution < 1.29 is 15.0 Å². The first-order valence-corrected chi connectivity index (χ1v) is 3.98. The highest BCUT2D eigenvalue weighted by molar-refractivity contribution is 6.00. The molecule has 0 saturated carbocycles. The van der Waals surface area contributed by atoms with Crippen molar-refractivity contribution in [3.05, 3.63) is 29.3 Å². The maximum Gasteiger partial charge on any atom is 0.259 e. The monoisotopic (exact) mass is 220 g/mol. The van der Waals surface area contributed by atoms with Crippen molar-refractivity contribution in [1.29, 1.82) is 5.26 Å². The van der Waals surface area contributed by atoms with Gasteiger partial charge in [0.1, 0.15) is 11.6 Å². The van der Waals surface area contributed by atoms with Crippen molar-refractivity contribution in [2.45, 2.75) is 7.43 Å². The highest BCUT2D eigenvalue weighted by Gasteiger charge is 2.04. The van der Waals surface area contributed by atoms with Crippen molar-refractivity contribution in [3.8, 4) is 17.6 Å². The zero-order chi connectivity index (χ0) is 11.4. The molecule has 0 aromatic heterocycles. The Balaban J connectivity index is 0.00000225. The topological polar surface area (TPSA) is 107 Å². The maximum absolute atomic E-state index is 10.7. The fourth-order valence-corrected chi connectivity index (χ4v) is 0.955. The second-order valence-electron chi connectivity index (χ2n) is 2.78. The normalized spacial score (nSPS) is 10.1. The third kappa shape index (κ3) is 3.03. The van der Waals surface area contributed by atoms with Gasteiger partial charge in [-0.05, 0) is 23.8 Å². The molecule has 0 saturated heterocycles. The molecule has 0 radical (unpaired) electrons. The van der Waals surface area contributed by atoms with E-state index in [1.807, 2.05) is 0 Å². The van der Waals surface area contributed by atoms with E-state index in [0.717, 1.165) is 0 Å². The first-order valence-electron chi connectivity index (χ1n) is 3.98. The smallest absolute Gasteiger partial charge is 0.259 e. The van der Waals surface area contributed by atoms with Crippen LogP contribution in [-0.2, 0) is 4.79 Å². The molecule has 0 aliphatic carbocycles. The van der Waals surface area contributed by atoms with Gasteiger partial charge in [-0.15, -0.1) is 0 Å². The van der Waals surface area contributed by atoms with Gasteiger partial charge in [0, 0.05) is 0 Å². The summed E-state index contributed by atoms with van der Waals surface area (Å²) < 4.78 is 0. The Hall–Kier alpha value is -2.48. The van der Waals surface area contributed by atoms with Gasteiger partial charge in [0.15, 0.2) is 11.5 Å². The number of carbonyl (C=O) groups is 1. The van der Waals surface area contributed by atoms with E-state index in [2.05, 4.69) is 0 Å². The molecule has 0 unspecified atom stereocenters. The SMILES string of the molecule is C.N#C/C(=C\c1ccc(O)c(O)c1)C(N)=O. The van der Waals surface area contributed by atoms with E-state index in [0.29, 0.717) is 5.56 Å². The number of nitrogens with two attached hydrogens (primary N) is 1. The predicted octanol–water partition coefficient (Wildman–Crippen LogP) is 1.13. The molecule has 0 heterocycles. The van der Waals surface area contributed by atoms with E-state index < -0.39 is 5.91 Å². The van der Waals surface area contributed by atoms with Crippen LogP contribution in [0.2, 0.25) is 0 Å². The maximum atomic E-state index is 10.7. The predicted molar refractivity (Wildman–Crippen MR) is 59.3 cm³/mol. The van der Waals surface area contributed by atoms with Gasteiger partial charge < -0.3 is 15.9 Å². The number of nitriles is 1. The van der Waals surface area contributed by atoms with Crippen LogP contribution >= 0.6 is 0 Å². The molecule has 0 bridgehead atoms. The first-order chi connectivity index (χ1) is 7.04. The first kappa shape index (κ1) is 13.5. The third-order valence-corrected chi connectivity index (χ3v) is 1.70. The summed E-state index contributed by atoms with van der Waals surface area (Å²) in [6.07, 6.45) is 1.22. The Kier molecular flexibility index (Phi) is 4.57. The molecular formula is C11H12N2O3. The number of nitrogens with zero attached hydrogens (tertiary/aromatic N) is 1. The Morgan fingerprint density at radius 2 is 2.00 bits per heavy atom. The summed E-state index contributed by atoms with van der Waals surface area (Å²) in [5.74, 6) is -1.44. The van der Waals surface area contributed by atoms with E-state index in [-0.39, 0.29) is 24.5 Å². The van der Waals surface area contributed by atoms with E-state index in [9.17, 15) is 4.79 Å². The van der Waals surface area contributed by atoms with Gasteiger partial charge in [-0.1, -0.05) is 13.5 Å². The molecule has 0 atom stereocenters. The second kappa shape index (κ2) is 5.41. The van der Waals surface area contributed by atoms with Gasteiger partial charge in [-0.2, -0.15) is 5.26 Å². The number of phenolic OH excluding ortho intramolecular Hbond substituents is 2. The zero-order valence-corrected chi connectivity index (χ0v) is 7.64. The molecule has 1 aromatic rings. The molecule has 5 heteroatoms. The van der Waals surface area contributed by atoms with Crippen LogP contribution in [-0.4, -0.2) is 16.1 Å². The molecule has 5 nitrogen and oxygen atoms in total. The summed E-state index contributed by atoms with van der Waals surface area (Å²) in [7, 11) is 0. The summed E-state index contributed by atoms with van der Waals surface area (Å²) in [5.41, 5.74) is 5.10. The fraction of sp³-hybridized carbons (Fsp3) is 0.0909. The summed E-state index contributed by atoms with van der Waals surface area (Å²) >= 11 is 0. The number of primary amides is 1. The Morgan fingerprint density at radius 1 is 1.38 bits per heavy atom. The Bertz CT molecular complexity index is 473. The zero-order valence-electron chi connectivity index (χ0n) is 7.64. The number of amides is 1. The van der Waals surface area contributed by atoms with Crippen LogP contribution in [0, 0.1) is 11.3 Å². The molecule has 0 fully saturated rings. The van der Waals surface area contributed by atoms with Gasteiger partial charge in [-0.3, -0.25) is 4.79 Å². The van der Waals surface area contributed by atoms with Gasteiger partial charge in [-0.25, -0.2) is 0 Å². The van der Waals surface area contributed by atoms with E-state index in [1.54, 1.807) is 6.07 Å². The highest BCUT2D eigenvalue weighted by atomic mass is 16.3. The Morgan fingerprint density at radius 3 is 2.44 bits per heavy atom. The van der Waals surface area contributed by atoms with Crippen molar-refractivity contribution in [2.75, 3.05) is 0 Å². The fourth-order valence-electron chi connectivity index (χ4n) is 0.955. The minimum Gasteiger partial charge on any atom is -0.504 e. The van der Waals surface area contributed by atoms with Crippen molar-refractivity contribution in [3.63, 3.8) is 0 Å². The number of aromatic hydroxyl groups is 2. The highest BCUT2D eigenvalue weighted by Crippen LogP contribution is 2.25. The average Bonchev–Trinajstić information content (AvgIpc) is 2.19. The molecule has 1 amide bonds. The molecule has 1 rings (SSSR count). The molecule has 0 aliphatic rings. The molecule has 1 aromatic carbocycles. The molecule has 84 valence electrons. The molecule has 4 N–H and O–H groups in total.